The van der Waals surface area contributed by atoms with Crippen LogP contribution in [-0.4, -0.2) is 16.8 Å². The molecule has 1 N–H and O–H groups in total. The first-order valence-electron chi connectivity index (χ1n) is 6.85. The van der Waals surface area contributed by atoms with Gasteiger partial charge in [0.2, 0.25) is 0 Å². The Morgan fingerprint density at radius 2 is 2.10 bits per heavy atom. The summed E-state index contributed by atoms with van der Waals surface area (Å²) in [4.78, 5) is 25.3. The highest BCUT2D eigenvalue weighted by molar-refractivity contribution is 6.15. The number of nitrogens with one attached hydrogen (secondary N) is 1. The Balaban J connectivity index is 1.98. The molecule has 4 heteroatoms. The number of aryl methyl sites for hydroxylation is 1. The topological polar surface area (TPSA) is 49.4 Å². The van der Waals surface area contributed by atoms with Gasteiger partial charge in [-0.15, -0.1) is 0 Å². The number of fused-ring (bicyclic) bond motifs is 4. The molecule has 20 heavy (non-hydrogen) atoms. The summed E-state index contributed by atoms with van der Waals surface area (Å²) in [5.41, 5.74) is 5.15. The molecule has 1 saturated heterocycles. The van der Waals surface area contributed by atoms with Crippen molar-refractivity contribution >= 4 is 24.1 Å². The molecule has 1 fully saturated rings. The Morgan fingerprint density at radius 3 is 2.95 bits per heavy atom. The van der Waals surface area contributed by atoms with Crippen LogP contribution in [0.4, 0.5) is 4.79 Å². The number of hydrogen-bond donors (Lipinski definition) is 1. The number of nitrogens with zero attached hydrogens (tertiary/aromatic N) is 1. The lowest BCUT2D eigenvalue weighted by Gasteiger charge is -2.31. The molecule has 0 radical (unpaired) electrons. The van der Waals surface area contributed by atoms with Crippen LogP contribution in [0.2, 0.25) is 0 Å². The standard InChI is InChI=1S/C16H14N2O2/c1-9-11-7-6-10-4-2-3-5-12(10)13(11)8-14-15(19)17-16(20)18(9)14/h3,5-9H,2,4H2,1H3,(H,17,19,20). The van der Waals surface area contributed by atoms with Crippen molar-refractivity contribution in [3.05, 3.63) is 46.2 Å². The molecule has 1 unspecified atom stereocenters. The van der Waals surface area contributed by atoms with Gasteiger partial charge in [0, 0.05) is 0 Å². The van der Waals surface area contributed by atoms with Gasteiger partial charge >= 0.3 is 6.03 Å². The third-order valence-electron chi connectivity index (χ3n) is 4.33. The van der Waals surface area contributed by atoms with Gasteiger partial charge in [-0.1, -0.05) is 24.3 Å². The zero-order chi connectivity index (χ0) is 13.9. The number of carbonyl (C=O) groups excluding carboxylic acids is 2. The van der Waals surface area contributed by atoms with Crippen molar-refractivity contribution in [1.82, 2.24) is 10.2 Å². The largest absolute Gasteiger partial charge is 0.329 e. The van der Waals surface area contributed by atoms with Crippen LogP contribution in [0.15, 0.2) is 23.9 Å². The summed E-state index contributed by atoms with van der Waals surface area (Å²) in [5, 5.41) is 2.37. The van der Waals surface area contributed by atoms with E-state index in [-0.39, 0.29) is 18.0 Å². The van der Waals surface area contributed by atoms with Gasteiger partial charge in [0.1, 0.15) is 5.70 Å². The fraction of sp³-hybridized carbons (Fsp3) is 0.250. The molecule has 4 rings (SSSR count). The summed E-state index contributed by atoms with van der Waals surface area (Å²) in [6.45, 7) is 1.96. The Kier molecular flexibility index (Phi) is 2.19. The fourth-order valence-corrected chi connectivity index (χ4v) is 3.31. The number of rotatable bonds is 0. The van der Waals surface area contributed by atoms with E-state index in [2.05, 4.69) is 29.6 Å². The van der Waals surface area contributed by atoms with Crippen molar-refractivity contribution < 1.29 is 9.59 Å². The molecular formula is C16H14N2O2. The molecule has 1 aromatic carbocycles. The highest BCUT2D eigenvalue weighted by Crippen LogP contribution is 2.39. The predicted molar refractivity (Wildman–Crippen MR) is 75.6 cm³/mol. The van der Waals surface area contributed by atoms with Crippen molar-refractivity contribution in [2.75, 3.05) is 0 Å². The quantitative estimate of drug-likeness (QED) is 0.734. The summed E-state index contributed by atoms with van der Waals surface area (Å²) < 4.78 is 0. The van der Waals surface area contributed by atoms with Crippen LogP contribution in [0.25, 0.3) is 12.2 Å². The molecule has 1 atom stereocenters. The summed E-state index contributed by atoms with van der Waals surface area (Å²) in [5.74, 6) is -0.301. The number of carbonyl (C=O) groups is 2. The summed E-state index contributed by atoms with van der Waals surface area (Å²) in [7, 11) is 0. The third-order valence-corrected chi connectivity index (χ3v) is 4.33. The third kappa shape index (κ3) is 1.36. The zero-order valence-corrected chi connectivity index (χ0v) is 11.1. The van der Waals surface area contributed by atoms with Gasteiger partial charge < -0.3 is 0 Å². The molecule has 0 bridgehead atoms. The molecule has 1 aliphatic carbocycles. The van der Waals surface area contributed by atoms with Crippen molar-refractivity contribution in [3.8, 4) is 0 Å². The van der Waals surface area contributed by atoms with Gasteiger partial charge in [-0.05, 0) is 48.1 Å². The highest BCUT2D eigenvalue weighted by atomic mass is 16.2. The normalized spacial score (nSPS) is 22.9. The van der Waals surface area contributed by atoms with E-state index >= 15 is 0 Å². The van der Waals surface area contributed by atoms with Gasteiger partial charge in [-0.2, -0.15) is 0 Å². The van der Waals surface area contributed by atoms with E-state index in [0.29, 0.717) is 5.70 Å². The Bertz CT molecular complexity index is 715. The maximum Gasteiger partial charge on any atom is 0.329 e. The lowest BCUT2D eigenvalue weighted by atomic mass is 9.85. The average Bonchev–Trinajstić information content (AvgIpc) is 2.74. The molecule has 0 saturated carbocycles. The van der Waals surface area contributed by atoms with Gasteiger partial charge in [-0.3, -0.25) is 15.0 Å². The Labute approximate surface area is 116 Å². The van der Waals surface area contributed by atoms with Crippen molar-refractivity contribution in [2.24, 2.45) is 0 Å². The smallest absolute Gasteiger partial charge is 0.282 e. The number of benzene rings is 1. The van der Waals surface area contributed by atoms with Crippen LogP contribution in [0, 0.1) is 0 Å². The molecular weight excluding hydrogens is 252 g/mol. The first-order valence-corrected chi connectivity index (χ1v) is 6.85. The molecule has 2 heterocycles. The van der Waals surface area contributed by atoms with Crippen LogP contribution < -0.4 is 5.32 Å². The molecule has 4 nitrogen and oxygen atoms in total. The van der Waals surface area contributed by atoms with Gasteiger partial charge in [0.25, 0.3) is 5.91 Å². The number of hydrogen-bond acceptors (Lipinski definition) is 2. The van der Waals surface area contributed by atoms with E-state index in [1.165, 1.54) is 11.1 Å². The Hall–Kier alpha value is -2.36. The average molecular weight is 266 g/mol. The van der Waals surface area contributed by atoms with Gasteiger partial charge in [-0.25, -0.2) is 4.79 Å². The Morgan fingerprint density at radius 1 is 1.25 bits per heavy atom. The van der Waals surface area contributed by atoms with Gasteiger partial charge in [0.15, 0.2) is 0 Å². The lowest BCUT2D eigenvalue weighted by molar-refractivity contribution is -0.116. The van der Waals surface area contributed by atoms with Crippen LogP contribution >= 0.6 is 0 Å². The summed E-state index contributed by atoms with van der Waals surface area (Å²) in [6, 6.07) is 3.79. The molecule has 0 aromatic heterocycles. The van der Waals surface area contributed by atoms with Crippen molar-refractivity contribution in [1.29, 1.82) is 0 Å². The number of allylic oxidation sites excluding steroid dienone is 1. The fourth-order valence-electron chi connectivity index (χ4n) is 3.31. The molecule has 3 amide bonds. The zero-order valence-electron chi connectivity index (χ0n) is 11.1. The molecule has 100 valence electrons. The van der Waals surface area contributed by atoms with Crippen LogP contribution in [0.5, 0.6) is 0 Å². The maximum atomic E-state index is 11.9. The van der Waals surface area contributed by atoms with Crippen molar-refractivity contribution in [2.45, 2.75) is 25.8 Å². The van der Waals surface area contributed by atoms with E-state index in [4.69, 9.17) is 0 Å². The monoisotopic (exact) mass is 266 g/mol. The maximum absolute atomic E-state index is 11.9. The summed E-state index contributed by atoms with van der Waals surface area (Å²) in [6.07, 6.45) is 8.24. The number of amides is 3. The second-order valence-electron chi connectivity index (χ2n) is 5.42. The molecule has 2 aliphatic heterocycles. The van der Waals surface area contributed by atoms with Crippen LogP contribution in [0.3, 0.4) is 0 Å². The van der Waals surface area contributed by atoms with Gasteiger partial charge in [0.05, 0.1) is 6.04 Å². The minimum absolute atomic E-state index is 0.114. The van der Waals surface area contributed by atoms with Crippen molar-refractivity contribution in [3.63, 3.8) is 0 Å². The lowest BCUT2D eigenvalue weighted by Crippen LogP contribution is -2.32. The van der Waals surface area contributed by atoms with Crippen LogP contribution in [0.1, 0.15) is 41.6 Å². The van der Waals surface area contributed by atoms with E-state index in [1.54, 1.807) is 4.90 Å². The SMILES string of the molecule is CC1c2ccc3c(c2C=C2C(=O)NC(=O)N21)C=CCC3. The highest BCUT2D eigenvalue weighted by Gasteiger charge is 2.40. The molecule has 3 aliphatic rings. The molecule has 0 spiro atoms. The van der Waals surface area contributed by atoms with E-state index < -0.39 is 0 Å². The first-order chi connectivity index (χ1) is 9.66. The minimum Gasteiger partial charge on any atom is -0.282 e. The summed E-state index contributed by atoms with van der Waals surface area (Å²) >= 11 is 0. The molecule has 1 aromatic rings. The first kappa shape index (κ1) is 11.5. The second kappa shape index (κ2) is 3.82. The van der Waals surface area contributed by atoms with E-state index in [9.17, 15) is 9.59 Å². The minimum atomic E-state index is -0.326. The second-order valence-corrected chi connectivity index (χ2v) is 5.42. The predicted octanol–water partition coefficient (Wildman–Crippen LogP) is 2.61. The van der Waals surface area contributed by atoms with E-state index in [1.807, 2.05) is 13.0 Å². The number of urea groups is 1. The van der Waals surface area contributed by atoms with E-state index in [0.717, 1.165) is 24.0 Å². The number of imide groups is 1. The van der Waals surface area contributed by atoms with Crippen LogP contribution in [-0.2, 0) is 11.2 Å².